The van der Waals surface area contributed by atoms with Crippen molar-refractivity contribution in [2.75, 3.05) is 26.7 Å². The van der Waals surface area contributed by atoms with Gasteiger partial charge in [-0.3, -0.25) is 4.79 Å². The molecule has 0 saturated carbocycles. The van der Waals surface area contributed by atoms with Gasteiger partial charge in [-0.15, -0.1) is 0 Å². The third-order valence-electron chi connectivity index (χ3n) is 3.58. The number of aliphatic carboxylic acids is 1. The third kappa shape index (κ3) is 6.21. The molecule has 7 heteroatoms. The molecule has 0 radical (unpaired) electrons. The number of carboxylic acid groups (broad SMARTS) is 1. The molecule has 116 valence electrons. The predicted molar refractivity (Wildman–Crippen MR) is 74.5 cm³/mol. The van der Waals surface area contributed by atoms with Gasteiger partial charge in [0.2, 0.25) is 0 Å². The van der Waals surface area contributed by atoms with Gasteiger partial charge in [-0.25, -0.2) is 4.79 Å². The first kappa shape index (κ1) is 16.7. The van der Waals surface area contributed by atoms with Crippen LogP contribution < -0.4 is 10.6 Å². The summed E-state index contributed by atoms with van der Waals surface area (Å²) in [5.74, 6) is -1.10. The third-order valence-corrected chi connectivity index (χ3v) is 3.58. The quantitative estimate of drug-likeness (QED) is 0.550. The molecule has 2 amide bonds. The number of likely N-dealkylation sites (N-methyl/N-ethyl adjacent to an activating group) is 1. The number of amides is 2. The zero-order chi connectivity index (χ0) is 15.2. The van der Waals surface area contributed by atoms with Crippen molar-refractivity contribution in [3.05, 3.63) is 0 Å². The average Bonchev–Trinajstić information content (AvgIpc) is 2.34. The molecule has 1 aliphatic heterocycles. The van der Waals surface area contributed by atoms with E-state index >= 15 is 0 Å². The Morgan fingerprint density at radius 3 is 2.65 bits per heavy atom. The molecule has 1 rings (SSSR count). The molecule has 0 aromatic rings. The first-order chi connectivity index (χ1) is 9.30. The van der Waals surface area contributed by atoms with Crippen molar-refractivity contribution >= 4 is 12.0 Å². The smallest absolute Gasteiger partial charge is 0.314 e. The number of piperidine rings is 1. The second kappa shape index (κ2) is 7.44. The average molecular weight is 287 g/mol. The summed E-state index contributed by atoms with van der Waals surface area (Å²) in [5.41, 5.74) is -1.44. The highest BCUT2D eigenvalue weighted by Crippen LogP contribution is 2.13. The lowest BCUT2D eigenvalue weighted by Crippen LogP contribution is -2.50. The Balaban J connectivity index is 2.24. The maximum Gasteiger partial charge on any atom is 0.314 e. The van der Waals surface area contributed by atoms with E-state index in [0.717, 1.165) is 13.0 Å². The van der Waals surface area contributed by atoms with E-state index in [1.165, 1.54) is 19.8 Å². The van der Waals surface area contributed by atoms with Crippen molar-refractivity contribution in [2.24, 2.45) is 0 Å². The van der Waals surface area contributed by atoms with Crippen LogP contribution in [0.4, 0.5) is 4.79 Å². The second-order valence-corrected chi connectivity index (χ2v) is 5.76. The van der Waals surface area contributed by atoms with Crippen LogP contribution in [0.25, 0.3) is 0 Å². The van der Waals surface area contributed by atoms with Gasteiger partial charge in [0.15, 0.2) is 0 Å². The summed E-state index contributed by atoms with van der Waals surface area (Å²) >= 11 is 0. The summed E-state index contributed by atoms with van der Waals surface area (Å²) in [5, 5.41) is 23.6. The zero-order valence-electron chi connectivity index (χ0n) is 12.2. The number of hydrogen-bond donors (Lipinski definition) is 4. The van der Waals surface area contributed by atoms with Gasteiger partial charge in [-0.2, -0.15) is 0 Å². The number of hydrogen-bond acceptors (Lipinski definition) is 4. The van der Waals surface area contributed by atoms with Gasteiger partial charge in [0.25, 0.3) is 0 Å². The molecule has 1 fully saturated rings. The number of aliphatic hydroxyl groups is 1. The Morgan fingerprint density at radius 1 is 1.35 bits per heavy atom. The van der Waals surface area contributed by atoms with Crippen LogP contribution in [0.15, 0.2) is 0 Å². The van der Waals surface area contributed by atoms with Crippen molar-refractivity contribution in [2.45, 2.75) is 44.2 Å². The van der Waals surface area contributed by atoms with Crippen LogP contribution in [-0.4, -0.2) is 65.4 Å². The fourth-order valence-electron chi connectivity index (χ4n) is 2.33. The van der Waals surface area contributed by atoms with E-state index in [9.17, 15) is 14.7 Å². The number of carbonyl (C=O) groups is 2. The molecule has 0 bridgehead atoms. The summed E-state index contributed by atoms with van der Waals surface area (Å²) in [6, 6.07) is -0.0383. The van der Waals surface area contributed by atoms with E-state index in [-0.39, 0.29) is 12.6 Å². The summed E-state index contributed by atoms with van der Waals surface area (Å²) in [6.07, 6.45) is 3.02. The highest BCUT2D eigenvalue weighted by Gasteiger charge is 2.25. The highest BCUT2D eigenvalue weighted by molar-refractivity contribution is 5.74. The maximum absolute atomic E-state index is 11.6. The van der Waals surface area contributed by atoms with Crippen LogP contribution >= 0.6 is 0 Å². The molecule has 4 N–H and O–H groups in total. The van der Waals surface area contributed by atoms with Gasteiger partial charge in [-0.05, 0) is 33.4 Å². The van der Waals surface area contributed by atoms with Crippen LogP contribution in [0.1, 0.15) is 32.6 Å². The van der Waals surface area contributed by atoms with Crippen molar-refractivity contribution in [1.29, 1.82) is 0 Å². The molecule has 0 spiro atoms. The number of urea groups is 1. The number of likely N-dealkylation sites (tertiary alicyclic amines) is 1. The van der Waals surface area contributed by atoms with Crippen molar-refractivity contribution in [3.8, 4) is 0 Å². The molecule has 0 aromatic heterocycles. The van der Waals surface area contributed by atoms with Gasteiger partial charge >= 0.3 is 12.0 Å². The number of rotatable bonds is 6. The highest BCUT2D eigenvalue weighted by atomic mass is 16.4. The molecule has 1 heterocycles. The molecular formula is C13H25N3O4. The fraction of sp³-hybridized carbons (Fsp3) is 0.846. The van der Waals surface area contributed by atoms with Gasteiger partial charge in [0, 0.05) is 19.1 Å². The first-order valence-electron chi connectivity index (χ1n) is 6.96. The van der Waals surface area contributed by atoms with E-state index < -0.39 is 18.0 Å². The largest absolute Gasteiger partial charge is 0.481 e. The minimum absolute atomic E-state index is 0.0916. The number of nitrogens with zero attached hydrogens (tertiary/aromatic N) is 1. The summed E-state index contributed by atoms with van der Waals surface area (Å²) in [7, 11) is 2.04. The van der Waals surface area contributed by atoms with E-state index in [1.54, 1.807) is 0 Å². The molecule has 1 saturated heterocycles. The Bertz CT molecular complexity index is 347. The van der Waals surface area contributed by atoms with Gasteiger partial charge in [-0.1, -0.05) is 6.42 Å². The van der Waals surface area contributed by atoms with Crippen molar-refractivity contribution in [3.63, 3.8) is 0 Å². The first-order valence-corrected chi connectivity index (χ1v) is 6.96. The van der Waals surface area contributed by atoms with Crippen LogP contribution in [0.3, 0.4) is 0 Å². The van der Waals surface area contributed by atoms with Crippen LogP contribution in [0, 0.1) is 0 Å². The van der Waals surface area contributed by atoms with E-state index in [0.29, 0.717) is 12.6 Å². The number of carboxylic acids is 1. The molecule has 0 aliphatic carbocycles. The van der Waals surface area contributed by atoms with Gasteiger partial charge < -0.3 is 25.7 Å². The fourth-order valence-corrected chi connectivity index (χ4v) is 2.33. The van der Waals surface area contributed by atoms with Crippen LogP contribution in [0.2, 0.25) is 0 Å². The zero-order valence-corrected chi connectivity index (χ0v) is 12.2. The van der Waals surface area contributed by atoms with E-state index in [4.69, 9.17) is 5.11 Å². The van der Waals surface area contributed by atoms with Crippen molar-refractivity contribution < 1.29 is 19.8 Å². The Hall–Kier alpha value is -1.34. The lowest BCUT2D eigenvalue weighted by molar-refractivity contribution is -0.141. The second-order valence-electron chi connectivity index (χ2n) is 5.76. The Labute approximate surface area is 119 Å². The Morgan fingerprint density at radius 2 is 2.05 bits per heavy atom. The molecule has 2 atom stereocenters. The standard InChI is InChI=1S/C13H25N3O4/c1-13(20,7-11(17)18)9-15-12(19)14-8-10-5-3-4-6-16(10)2/h10,20H,3-9H2,1-2H3,(H,17,18)(H2,14,15,19). The minimum atomic E-state index is -1.44. The lowest BCUT2D eigenvalue weighted by atomic mass is 10.0. The van der Waals surface area contributed by atoms with Crippen LogP contribution in [0.5, 0.6) is 0 Å². The van der Waals surface area contributed by atoms with Gasteiger partial charge in [0.1, 0.15) is 0 Å². The van der Waals surface area contributed by atoms with Crippen LogP contribution in [-0.2, 0) is 4.79 Å². The van der Waals surface area contributed by atoms with Gasteiger partial charge in [0.05, 0.1) is 12.0 Å². The number of nitrogens with one attached hydrogen (secondary N) is 2. The molecule has 7 nitrogen and oxygen atoms in total. The minimum Gasteiger partial charge on any atom is -0.481 e. The maximum atomic E-state index is 11.6. The van der Waals surface area contributed by atoms with E-state index in [2.05, 4.69) is 15.5 Å². The predicted octanol–water partition coefficient (Wildman–Crippen LogP) is -0.00440. The monoisotopic (exact) mass is 287 g/mol. The topological polar surface area (TPSA) is 102 Å². The molecule has 20 heavy (non-hydrogen) atoms. The summed E-state index contributed by atoms with van der Waals surface area (Å²) in [6.45, 7) is 2.90. The molecular weight excluding hydrogens is 262 g/mol. The summed E-state index contributed by atoms with van der Waals surface area (Å²) < 4.78 is 0. The SMILES string of the molecule is CN1CCCCC1CNC(=O)NCC(C)(O)CC(=O)O. The lowest BCUT2D eigenvalue weighted by Gasteiger charge is -2.32. The Kier molecular flexibility index (Phi) is 6.22. The molecule has 2 unspecified atom stereocenters. The normalized spacial score (nSPS) is 22.9. The van der Waals surface area contributed by atoms with E-state index in [1.807, 2.05) is 7.05 Å². The number of carbonyl (C=O) groups excluding carboxylic acids is 1. The summed E-state index contributed by atoms with van der Waals surface area (Å²) in [4.78, 5) is 24.4. The van der Waals surface area contributed by atoms with Crippen molar-refractivity contribution in [1.82, 2.24) is 15.5 Å². The molecule has 0 aromatic carbocycles. The molecule has 1 aliphatic rings.